The number of hydrogen-bond donors (Lipinski definition) is 2. The number of fused-ring (bicyclic) bond motifs is 1. The van der Waals surface area contributed by atoms with Gasteiger partial charge in [0.25, 0.3) is 0 Å². The van der Waals surface area contributed by atoms with Crippen molar-refractivity contribution in [2.24, 2.45) is 5.92 Å². The minimum Gasteiger partial charge on any atom is -0.480 e. The van der Waals surface area contributed by atoms with E-state index in [1.165, 1.54) is 0 Å². The average Bonchev–Trinajstić information content (AvgIpc) is 2.88. The molecule has 3 rings (SSSR count). The molecule has 0 bridgehead atoms. The third-order valence-electron chi connectivity index (χ3n) is 4.62. The SMILES string of the molecule is CC1CCN(C(=O)C2CCNc3ccccc32)C1C(=O)O. The van der Waals surface area contributed by atoms with Crippen molar-refractivity contribution in [3.63, 3.8) is 0 Å². The van der Waals surface area contributed by atoms with Gasteiger partial charge in [-0.2, -0.15) is 0 Å². The topological polar surface area (TPSA) is 69.6 Å². The summed E-state index contributed by atoms with van der Waals surface area (Å²) in [6.07, 6.45) is 1.47. The number of rotatable bonds is 2. The van der Waals surface area contributed by atoms with Crippen LogP contribution in [-0.2, 0) is 9.59 Å². The Morgan fingerprint density at radius 3 is 2.81 bits per heavy atom. The highest BCUT2D eigenvalue weighted by molar-refractivity contribution is 5.90. The van der Waals surface area contributed by atoms with Gasteiger partial charge in [0.05, 0.1) is 5.92 Å². The second-order valence-electron chi connectivity index (χ2n) is 5.94. The zero-order chi connectivity index (χ0) is 15.0. The summed E-state index contributed by atoms with van der Waals surface area (Å²) in [5.74, 6) is -1.14. The second kappa shape index (κ2) is 5.39. The number of para-hydroxylation sites is 1. The zero-order valence-corrected chi connectivity index (χ0v) is 12.1. The first kappa shape index (κ1) is 13.9. The van der Waals surface area contributed by atoms with Gasteiger partial charge in [-0.05, 0) is 30.4 Å². The molecule has 1 aromatic rings. The van der Waals surface area contributed by atoms with E-state index < -0.39 is 12.0 Å². The smallest absolute Gasteiger partial charge is 0.326 e. The number of anilines is 1. The molecule has 5 heteroatoms. The molecule has 2 heterocycles. The van der Waals surface area contributed by atoms with Crippen LogP contribution in [-0.4, -0.2) is 41.0 Å². The van der Waals surface area contributed by atoms with Gasteiger partial charge >= 0.3 is 5.97 Å². The molecule has 1 amide bonds. The van der Waals surface area contributed by atoms with Crippen molar-refractivity contribution in [2.75, 3.05) is 18.4 Å². The van der Waals surface area contributed by atoms with Gasteiger partial charge in [0.15, 0.2) is 0 Å². The molecular weight excluding hydrogens is 268 g/mol. The van der Waals surface area contributed by atoms with E-state index in [1.54, 1.807) is 4.90 Å². The van der Waals surface area contributed by atoms with Crippen molar-refractivity contribution in [3.8, 4) is 0 Å². The number of carboxylic acid groups (broad SMARTS) is 1. The second-order valence-corrected chi connectivity index (χ2v) is 5.94. The zero-order valence-electron chi connectivity index (χ0n) is 12.1. The Balaban J connectivity index is 1.88. The molecular formula is C16H20N2O3. The minimum absolute atomic E-state index is 0.0170. The van der Waals surface area contributed by atoms with E-state index in [9.17, 15) is 14.7 Å². The van der Waals surface area contributed by atoms with Crippen molar-refractivity contribution < 1.29 is 14.7 Å². The number of likely N-dealkylation sites (tertiary alicyclic amines) is 1. The van der Waals surface area contributed by atoms with Crippen LogP contribution in [0.3, 0.4) is 0 Å². The van der Waals surface area contributed by atoms with Gasteiger partial charge in [0.2, 0.25) is 5.91 Å². The third-order valence-corrected chi connectivity index (χ3v) is 4.62. The van der Waals surface area contributed by atoms with E-state index in [0.29, 0.717) is 13.0 Å². The molecule has 1 saturated heterocycles. The normalized spacial score (nSPS) is 27.9. The molecule has 21 heavy (non-hydrogen) atoms. The van der Waals surface area contributed by atoms with E-state index in [1.807, 2.05) is 31.2 Å². The summed E-state index contributed by atoms with van der Waals surface area (Å²) < 4.78 is 0. The number of carbonyl (C=O) groups is 2. The Kier molecular flexibility index (Phi) is 3.57. The van der Waals surface area contributed by atoms with E-state index in [4.69, 9.17) is 0 Å². The van der Waals surface area contributed by atoms with Crippen molar-refractivity contribution in [1.29, 1.82) is 0 Å². The van der Waals surface area contributed by atoms with Gasteiger partial charge in [-0.25, -0.2) is 4.79 Å². The van der Waals surface area contributed by atoms with Gasteiger partial charge < -0.3 is 15.3 Å². The molecule has 3 atom stereocenters. The van der Waals surface area contributed by atoms with Crippen LogP contribution in [0, 0.1) is 5.92 Å². The molecule has 2 aliphatic rings. The van der Waals surface area contributed by atoms with Crippen LogP contribution in [0.5, 0.6) is 0 Å². The maximum absolute atomic E-state index is 12.9. The summed E-state index contributed by atoms with van der Waals surface area (Å²) >= 11 is 0. The lowest BCUT2D eigenvalue weighted by atomic mass is 9.89. The number of carboxylic acids is 1. The number of hydrogen-bond acceptors (Lipinski definition) is 3. The van der Waals surface area contributed by atoms with E-state index in [-0.39, 0.29) is 17.7 Å². The van der Waals surface area contributed by atoms with Gasteiger partial charge in [-0.1, -0.05) is 25.1 Å². The van der Waals surface area contributed by atoms with Crippen molar-refractivity contribution in [3.05, 3.63) is 29.8 Å². The molecule has 0 radical (unpaired) electrons. The number of nitrogens with zero attached hydrogens (tertiary/aromatic N) is 1. The van der Waals surface area contributed by atoms with Crippen molar-refractivity contribution in [1.82, 2.24) is 4.90 Å². The predicted molar refractivity (Wildman–Crippen MR) is 79.2 cm³/mol. The van der Waals surface area contributed by atoms with Gasteiger partial charge in [0, 0.05) is 18.8 Å². The van der Waals surface area contributed by atoms with Crippen LogP contribution in [0.25, 0.3) is 0 Å². The molecule has 0 spiro atoms. The van der Waals surface area contributed by atoms with Crippen LogP contribution in [0.15, 0.2) is 24.3 Å². The molecule has 2 N–H and O–H groups in total. The molecule has 3 unspecified atom stereocenters. The van der Waals surface area contributed by atoms with E-state index in [2.05, 4.69) is 5.32 Å². The highest BCUT2D eigenvalue weighted by Crippen LogP contribution is 2.35. The van der Waals surface area contributed by atoms with Crippen LogP contribution >= 0.6 is 0 Å². The van der Waals surface area contributed by atoms with Gasteiger partial charge in [0.1, 0.15) is 6.04 Å². The maximum atomic E-state index is 12.9. The Hall–Kier alpha value is -2.04. The summed E-state index contributed by atoms with van der Waals surface area (Å²) in [6.45, 7) is 3.19. The lowest BCUT2D eigenvalue weighted by Gasteiger charge is -2.31. The van der Waals surface area contributed by atoms with Crippen LogP contribution < -0.4 is 5.32 Å². The van der Waals surface area contributed by atoms with Crippen LogP contribution in [0.1, 0.15) is 31.2 Å². The molecule has 112 valence electrons. The number of benzene rings is 1. The Morgan fingerprint density at radius 1 is 1.29 bits per heavy atom. The lowest BCUT2D eigenvalue weighted by molar-refractivity contribution is -0.150. The highest BCUT2D eigenvalue weighted by atomic mass is 16.4. The average molecular weight is 288 g/mol. The standard InChI is InChI=1S/C16H20N2O3/c1-10-7-9-18(14(10)16(20)21)15(19)12-6-8-17-13-5-3-2-4-11(12)13/h2-5,10,12,14,17H,6-9H2,1H3,(H,20,21). The summed E-state index contributed by atoms with van der Waals surface area (Å²) in [4.78, 5) is 25.9. The number of aliphatic carboxylic acids is 1. The highest BCUT2D eigenvalue weighted by Gasteiger charge is 2.42. The summed E-state index contributed by atoms with van der Waals surface area (Å²) in [7, 11) is 0. The van der Waals surface area contributed by atoms with Crippen molar-refractivity contribution in [2.45, 2.75) is 31.7 Å². The third kappa shape index (κ3) is 2.37. The minimum atomic E-state index is -0.893. The van der Waals surface area contributed by atoms with Crippen LogP contribution in [0.2, 0.25) is 0 Å². The number of amides is 1. The quantitative estimate of drug-likeness (QED) is 0.872. The summed E-state index contributed by atoms with van der Waals surface area (Å²) in [5.41, 5.74) is 1.97. The first-order valence-electron chi connectivity index (χ1n) is 7.45. The maximum Gasteiger partial charge on any atom is 0.326 e. The largest absolute Gasteiger partial charge is 0.480 e. The number of carbonyl (C=O) groups excluding carboxylic acids is 1. The monoisotopic (exact) mass is 288 g/mol. The first-order chi connectivity index (χ1) is 10.1. The Labute approximate surface area is 123 Å². The summed E-state index contributed by atoms with van der Waals surface area (Å²) in [5, 5.41) is 12.7. The fourth-order valence-corrected chi connectivity index (χ4v) is 3.50. The molecule has 0 aliphatic carbocycles. The lowest BCUT2D eigenvalue weighted by Crippen LogP contribution is -2.45. The molecule has 0 saturated carbocycles. The Bertz CT molecular complexity index is 572. The fourth-order valence-electron chi connectivity index (χ4n) is 3.50. The molecule has 2 aliphatic heterocycles. The molecule has 1 aromatic carbocycles. The van der Waals surface area contributed by atoms with Gasteiger partial charge in [-0.15, -0.1) is 0 Å². The van der Waals surface area contributed by atoms with E-state index in [0.717, 1.165) is 24.2 Å². The van der Waals surface area contributed by atoms with Crippen molar-refractivity contribution >= 4 is 17.6 Å². The Morgan fingerprint density at radius 2 is 2.05 bits per heavy atom. The molecule has 0 aromatic heterocycles. The fraction of sp³-hybridized carbons (Fsp3) is 0.500. The summed E-state index contributed by atoms with van der Waals surface area (Å²) in [6, 6.07) is 7.11. The predicted octanol–water partition coefficient (Wildman–Crippen LogP) is 1.91. The number of nitrogens with one attached hydrogen (secondary N) is 1. The van der Waals surface area contributed by atoms with Gasteiger partial charge in [-0.3, -0.25) is 4.79 Å². The van der Waals surface area contributed by atoms with E-state index >= 15 is 0 Å². The molecule has 1 fully saturated rings. The molecule has 5 nitrogen and oxygen atoms in total. The van der Waals surface area contributed by atoms with Crippen LogP contribution in [0.4, 0.5) is 5.69 Å². The first-order valence-corrected chi connectivity index (χ1v) is 7.45.